The fourth-order valence-electron chi connectivity index (χ4n) is 1.94. The molecule has 0 amide bonds. The number of hydrogen-bond acceptors (Lipinski definition) is 2. The second kappa shape index (κ2) is 6.24. The highest BCUT2D eigenvalue weighted by atomic mass is 35.5. The van der Waals surface area contributed by atoms with E-state index in [1.807, 2.05) is 10.6 Å². The number of alkyl halides is 1. The zero-order chi connectivity index (χ0) is 14.8. The van der Waals surface area contributed by atoms with Gasteiger partial charge in [-0.2, -0.15) is 19.6 Å². The van der Waals surface area contributed by atoms with Crippen molar-refractivity contribution in [2.24, 2.45) is 0 Å². The minimum Gasteiger partial charge on any atom is -0.364 e. The van der Waals surface area contributed by atoms with Gasteiger partial charge in [-0.25, -0.2) is 9.37 Å². The molecule has 0 atom stereocenters. The summed E-state index contributed by atoms with van der Waals surface area (Å²) < 4.78 is 21.3. The van der Waals surface area contributed by atoms with Crippen LogP contribution in [0.25, 0.3) is 11.0 Å². The van der Waals surface area contributed by atoms with E-state index in [0.717, 1.165) is 11.6 Å². The molecule has 1 aromatic heterocycles. The number of nitrogens with zero attached hydrogens (tertiary/aromatic N) is 2. The molecule has 0 aliphatic rings. The van der Waals surface area contributed by atoms with Crippen LogP contribution in [0.1, 0.15) is 5.82 Å². The number of aromatic nitrogens is 2. The van der Waals surface area contributed by atoms with E-state index in [-0.39, 0.29) is 11.7 Å². The summed E-state index contributed by atoms with van der Waals surface area (Å²) in [5, 5.41) is 0. The Morgan fingerprint density at radius 1 is 1.35 bits per heavy atom. The molecular formula is C14H20ClFN2OSi-. The van der Waals surface area contributed by atoms with E-state index in [4.69, 9.17) is 16.3 Å². The van der Waals surface area contributed by atoms with Gasteiger partial charge in [-0.3, -0.25) is 0 Å². The Balaban J connectivity index is 2.14. The van der Waals surface area contributed by atoms with Crippen LogP contribution >= 0.6 is 11.6 Å². The number of fused-ring (bicyclic) bond motifs is 1. The Morgan fingerprint density at radius 3 is 2.75 bits per heavy atom. The number of benzene rings is 1. The molecule has 111 valence electrons. The van der Waals surface area contributed by atoms with Gasteiger partial charge in [0.2, 0.25) is 0 Å². The highest BCUT2D eigenvalue weighted by molar-refractivity contribution is 6.76. The van der Waals surface area contributed by atoms with E-state index in [1.165, 1.54) is 6.07 Å². The van der Waals surface area contributed by atoms with Gasteiger partial charge < -0.3 is 9.30 Å². The summed E-state index contributed by atoms with van der Waals surface area (Å²) >= 11 is 5.89. The average Bonchev–Trinajstić information content (AvgIpc) is 2.73. The van der Waals surface area contributed by atoms with E-state index in [1.54, 1.807) is 6.07 Å². The van der Waals surface area contributed by atoms with Gasteiger partial charge in [0.15, 0.2) is 5.82 Å². The van der Waals surface area contributed by atoms with Crippen LogP contribution in [0, 0.1) is 5.82 Å². The van der Waals surface area contributed by atoms with Crippen LogP contribution in [-0.2, 0) is 17.3 Å². The predicted octanol–water partition coefficient (Wildman–Crippen LogP) is 4.23. The number of ether oxygens (including phenoxy) is 1. The molecule has 3 nitrogen and oxygen atoms in total. The van der Waals surface area contributed by atoms with Gasteiger partial charge in [0.1, 0.15) is 18.1 Å². The Morgan fingerprint density at radius 2 is 2.10 bits per heavy atom. The quantitative estimate of drug-likeness (QED) is 0.453. The summed E-state index contributed by atoms with van der Waals surface area (Å²) in [5.74, 6) is 0.556. The van der Waals surface area contributed by atoms with Crippen LogP contribution < -0.4 is 0 Å². The lowest BCUT2D eigenvalue weighted by Gasteiger charge is -2.26. The van der Waals surface area contributed by atoms with Gasteiger partial charge in [-0.1, -0.05) is 6.07 Å². The third-order valence-electron chi connectivity index (χ3n) is 3.15. The first-order valence-corrected chi connectivity index (χ1v) is 10.9. The van der Waals surface area contributed by atoms with Crippen LogP contribution in [0.3, 0.4) is 0 Å². The van der Waals surface area contributed by atoms with E-state index in [0.29, 0.717) is 24.7 Å². The van der Waals surface area contributed by atoms with E-state index >= 15 is 0 Å². The zero-order valence-corrected chi connectivity index (χ0v) is 13.9. The Kier molecular flexibility index (Phi) is 4.83. The third-order valence-corrected chi connectivity index (χ3v) is 5.09. The summed E-state index contributed by atoms with van der Waals surface area (Å²) in [6, 6.07) is 6.02. The van der Waals surface area contributed by atoms with Crippen molar-refractivity contribution < 1.29 is 9.13 Å². The van der Waals surface area contributed by atoms with Crippen molar-refractivity contribution >= 4 is 30.7 Å². The highest BCUT2D eigenvalue weighted by Crippen LogP contribution is 2.20. The maximum Gasteiger partial charge on any atom is 0.151 e. The molecule has 0 bridgehead atoms. The number of halogens is 2. The maximum atomic E-state index is 13.7. The summed E-state index contributed by atoms with van der Waals surface area (Å²) in [6.45, 7) is 8.01. The predicted molar refractivity (Wildman–Crippen MR) is 83.4 cm³/mol. The van der Waals surface area contributed by atoms with Crippen molar-refractivity contribution in [1.29, 1.82) is 0 Å². The second-order valence-electron chi connectivity index (χ2n) is 6.05. The molecular weight excluding hydrogens is 295 g/mol. The molecule has 0 saturated heterocycles. The molecule has 0 fully saturated rings. The number of rotatable bonds is 6. The maximum absolute atomic E-state index is 13.7. The standard InChI is InChI=1S/C14H20ClFN2OSi/c1-20(2,3)8-7-19-10-18-12-6-4-5-11(16)14(12)17-13(18)9-15/h4-6H,7-10H2,1-3H3/q-1. The van der Waals surface area contributed by atoms with Crippen molar-refractivity contribution in [2.75, 3.05) is 6.61 Å². The Bertz CT molecular complexity index is 595. The fourth-order valence-corrected chi connectivity index (χ4v) is 2.90. The summed E-state index contributed by atoms with van der Waals surface area (Å²) in [4.78, 5) is 4.24. The Labute approximate surface area is 124 Å². The van der Waals surface area contributed by atoms with E-state index in [9.17, 15) is 4.39 Å². The minimum absolute atomic E-state index is 0.242. The van der Waals surface area contributed by atoms with E-state index in [2.05, 4.69) is 24.6 Å². The molecule has 2 rings (SSSR count). The molecule has 0 aliphatic heterocycles. The van der Waals surface area contributed by atoms with Crippen LogP contribution in [0.2, 0.25) is 25.7 Å². The first-order valence-electron chi connectivity index (χ1n) is 6.70. The first kappa shape index (κ1) is 15.5. The fraction of sp³-hybridized carbons (Fsp3) is 0.500. The molecule has 0 aliphatic carbocycles. The summed E-state index contributed by atoms with van der Waals surface area (Å²) in [5.41, 5.74) is 1.09. The van der Waals surface area contributed by atoms with Crippen LogP contribution in [0.5, 0.6) is 0 Å². The van der Waals surface area contributed by atoms with Gasteiger partial charge in [0.25, 0.3) is 0 Å². The van der Waals surface area contributed by atoms with Crippen molar-refractivity contribution in [1.82, 2.24) is 9.55 Å². The monoisotopic (exact) mass is 314 g/mol. The molecule has 2 aromatic rings. The lowest BCUT2D eigenvalue weighted by molar-refractivity contribution is 0.0883. The minimum atomic E-state index is -1.10. The molecule has 1 heterocycles. The van der Waals surface area contributed by atoms with Crippen LogP contribution in [0.15, 0.2) is 18.2 Å². The SMILES string of the molecule is C[Si-](C)(C)CCOCn1c(CCl)nc2c(F)cccc21. The molecule has 1 aromatic carbocycles. The van der Waals surface area contributed by atoms with Crippen molar-refractivity contribution in [3.8, 4) is 0 Å². The smallest absolute Gasteiger partial charge is 0.151 e. The molecule has 0 radical (unpaired) electrons. The van der Waals surface area contributed by atoms with Gasteiger partial charge >= 0.3 is 0 Å². The van der Waals surface area contributed by atoms with Gasteiger partial charge in [-0.15, -0.1) is 25.7 Å². The van der Waals surface area contributed by atoms with Gasteiger partial charge in [0.05, 0.1) is 11.4 Å². The summed E-state index contributed by atoms with van der Waals surface area (Å²) in [6.07, 6.45) is 0. The number of imidazole rings is 1. The zero-order valence-electron chi connectivity index (χ0n) is 12.1. The normalized spacial score (nSPS) is 12.2. The Hall–Kier alpha value is -0.913. The lowest BCUT2D eigenvalue weighted by Crippen LogP contribution is -2.22. The topological polar surface area (TPSA) is 27.1 Å². The lowest BCUT2D eigenvalue weighted by atomic mass is 10.3. The second-order valence-corrected chi connectivity index (χ2v) is 11.9. The average molecular weight is 315 g/mol. The molecule has 0 unspecified atom stereocenters. The van der Waals surface area contributed by atoms with E-state index < -0.39 is 8.07 Å². The summed E-state index contributed by atoms with van der Waals surface area (Å²) in [7, 11) is -1.10. The highest BCUT2D eigenvalue weighted by Gasteiger charge is 2.12. The molecule has 0 spiro atoms. The van der Waals surface area contributed by atoms with Crippen molar-refractivity contribution in [2.45, 2.75) is 38.3 Å². The molecule has 0 N–H and O–H groups in total. The van der Waals surface area contributed by atoms with Crippen molar-refractivity contribution in [3.05, 3.63) is 29.8 Å². The van der Waals surface area contributed by atoms with Gasteiger partial charge in [0, 0.05) is 6.61 Å². The largest absolute Gasteiger partial charge is 0.364 e. The van der Waals surface area contributed by atoms with Crippen LogP contribution in [-0.4, -0.2) is 24.2 Å². The number of para-hydroxylation sites is 1. The molecule has 0 saturated carbocycles. The molecule has 6 heteroatoms. The third kappa shape index (κ3) is 3.59. The number of hydrogen-bond donors (Lipinski definition) is 0. The van der Waals surface area contributed by atoms with Crippen molar-refractivity contribution in [3.63, 3.8) is 0 Å². The van der Waals surface area contributed by atoms with Gasteiger partial charge in [-0.05, 0) is 12.1 Å². The van der Waals surface area contributed by atoms with Crippen LogP contribution in [0.4, 0.5) is 4.39 Å². The first-order chi connectivity index (χ1) is 9.42. The molecule has 20 heavy (non-hydrogen) atoms.